The van der Waals surface area contributed by atoms with Crippen LogP contribution < -0.4 is 19.6 Å². The second-order valence-corrected chi connectivity index (χ2v) is 20.4. The van der Waals surface area contributed by atoms with Gasteiger partial charge >= 0.3 is 0 Å². The van der Waals surface area contributed by atoms with Gasteiger partial charge in [-0.05, 0) is 202 Å². The molecule has 0 spiro atoms. The summed E-state index contributed by atoms with van der Waals surface area (Å²) in [6.45, 7) is 10.6. The second-order valence-electron chi connectivity index (χ2n) is 20.4. The first kappa shape index (κ1) is 48.4. The Kier molecular flexibility index (Phi) is 13.0. The van der Waals surface area contributed by atoms with E-state index < -0.39 is 0 Å². The molecule has 1 heterocycles. The van der Waals surface area contributed by atoms with Crippen molar-refractivity contribution in [3.8, 4) is 22.3 Å². The summed E-state index contributed by atoms with van der Waals surface area (Å²) in [6, 6.07) is 92.3. The summed E-state index contributed by atoms with van der Waals surface area (Å²) in [7, 11) is 2.12. The number of rotatable bonds is 13. The van der Waals surface area contributed by atoms with Crippen LogP contribution in [0.3, 0.4) is 0 Å². The quantitative estimate of drug-likeness (QED) is 0.115. The summed E-state index contributed by atoms with van der Waals surface area (Å²) < 4.78 is 6.60. The molecule has 12 aromatic rings. The zero-order valence-corrected chi connectivity index (χ0v) is 44.4. The maximum Gasteiger partial charge on any atom is 0.135 e. The van der Waals surface area contributed by atoms with Crippen molar-refractivity contribution < 1.29 is 4.42 Å². The standard InChI is InChI=1S/C72H60N4O/c1-49-7-25-58(26-8-49)73(6)59-35-17-54(18-36-59)55-21-39-65(40-22-55)75(62-31-13-52(4)14-32-62)67-43-45-71-69(47-67)70-48-68(44-46-72(70)77-71)76(63-33-15-53(5)16-34-63)66-41-23-57(24-42-66)56-19-37-64(38-20-56)74(60-27-9-50(2)10-28-60)61-29-11-51(3)12-30-61/h7-48H,1-6H3. The largest absolute Gasteiger partial charge is 0.456 e. The van der Waals surface area contributed by atoms with E-state index in [9.17, 15) is 0 Å². The Balaban J connectivity index is 0.861. The average molecular weight is 997 g/mol. The Labute approximate surface area is 452 Å². The molecule has 1 aromatic heterocycles. The van der Waals surface area contributed by atoms with Gasteiger partial charge in [-0.15, -0.1) is 0 Å². The molecule has 374 valence electrons. The summed E-state index contributed by atoms with van der Waals surface area (Å²) in [5.41, 5.74) is 24.5. The minimum absolute atomic E-state index is 0.842. The van der Waals surface area contributed by atoms with Gasteiger partial charge in [0.25, 0.3) is 0 Å². The smallest absolute Gasteiger partial charge is 0.135 e. The molecule has 0 N–H and O–H groups in total. The van der Waals surface area contributed by atoms with Gasteiger partial charge in [0.2, 0.25) is 0 Å². The molecular weight excluding hydrogens is 937 g/mol. The zero-order valence-electron chi connectivity index (χ0n) is 44.4. The van der Waals surface area contributed by atoms with Crippen molar-refractivity contribution in [3.05, 3.63) is 283 Å². The highest BCUT2D eigenvalue weighted by Gasteiger charge is 2.20. The van der Waals surface area contributed by atoms with Crippen LogP contribution in [-0.4, -0.2) is 7.05 Å². The number of nitrogens with zero attached hydrogens (tertiary/aromatic N) is 4. The van der Waals surface area contributed by atoms with Crippen LogP contribution in [0.25, 0.3) is 44.2 Å². The molecule has 0 radical (unpaired) electrons. The maximum atomic E-state index is 6.60. The van der Waals surface area contributed by atoms with Crippen molar-refractivity contribution in [2.24, 2.45) is 0 Å². The number of fused-ring (bicyclic) bond motifs is 3. The van der Waals surface area contributed by atoms with E-state index in [1.54, 1.807) is 0 Å². The fourth-order valence-electron chi connectivity index (χ4n) is 10.4. The van der Waals surface area contributed by atoms with Crippen LogP contribution in [0.15, 0.2) is 259 Å². The highest BCUT2D eigenvalue weighted by atomic mass is 16.3. The predicted molar refractivity (Wildman–Crippen MR) is 327 cm³/mol. The third-order valence-electron chi connectivity index (χ3n) is 14.8. The topological polar surface area (TPSA) is 26.1 Å². The van der Waals surface area contributed by atoms with Crippen LogP contribution in [0.1, 0.15) is 27.8 Å². The molecule has 11 aromatic carbocycles. The Morgan fingerprint density at radius 3 is 0.675 bits per heavy atom. The first-order chi connectivity index (χ1) is 37.6. The summed E-state index contributed by atoms with van der Waals surface area (Å²) in [4.78, 5) is 9.21. The Morgan fingerprint density at radius 1 is 0.221 bits per heavy atom. The first-order valence-corrected chi connectivity index (χ1v) is 26.4. The monoisotopic (exact) mass is 996 g/mol. The van der Waals surface area contributed by atoms with Crippen molar-refractivity contribution in [2.45, 2.75) is 34.6 Å². The van der Waals surface area contributed by atoms with Crippen LogP contribution in [0.4, 0.5) is 62.6 Å². The Morgan fingerprint density at radius 2 is 0.416 bits per heavy atom. The average Bonchev–Trinajstić information content (AvgIpc) is 3.87. The summed E-state index contributed by atoms with van der Waals surface area (Å²) in [5, 5.41) is 2.10. The first-order valence-electron chi connectivity index (χ1n) is 26.4. The zero-order chi connectivity index (χ0) is 52.6. The normalized spacial score (nSPS) is 11.2. The van der Waals surface area contributed by atoms with Crippen molar-refractivity contribution in [3.63, 3.8) is 0 Å². The molecule has 0 aliphatic heterocycles. The molecule has 0 unspecified atom stereocenters. The number of hydrogen-bond donors (Lipinski definition) is 0. The van der Waals surface area contributed by atoms with Gasteiger partial charge in [-0.2, -0.15) is 0 Å². The van der Waals surface area contributed by atoms with Crippen molar-refractivity contribution >= 4 is 84.5 Å². The molecule has 0 aliphatic carbocycles. The highest BCUT2D eigenvalue weighted by Crippen LogP contribution is 2.43. The van der Waals surface area contributed by atoms with E-state index >= 15 is 0 Å². The van der Waals surface area contributed by atoms with Gasteiger partial charge in [-0.3, -0.25) is 0 Å². The predicted octanol–water partition coefficient (Wildman–Crippen LogP) is 20.6. The van der Waals surface area contributed by atoms with E-state index in [0.717, 1.165) is 101 Å². The molecule has 5 heteroatoms. The van der Waals surface area contributed by atoms with E-state index in [4.69, 9.17) is 4.42 Å². The van der Waals surface area contributed by atoms with Gasteiger partial charge in [0.1, 0.15) is 11.2 Å². The van der Waals surface area contributed by atoms with E-state index in [1.807, 2.05) is 0 Å². The third kappa shape index (κ3) is 9.95. The van der Waals surface area contributed by atoms with Crippen molar-refractivity contribution in [1.29, 1.82) is 0 Å². The fourth-order valence-corrected chi connectivity index (χ4v) is 10.4. The SMILES string of the molecule is Cc1ccc(N(C)c2ccc(-c3ccc(N(c4ccc(C)cc4)c4ccc5oc6ccc(N(c7ccc(C)cc7)c7ccc(-c8ccc(N(c9ccc(C)cc9)c9ccc(C)cc9)cc8)cc7)cc6c5c4)cc3)cc2)cc1. The summed E-state index contributed by atoms with van der Waals surface area (Å²) in [6.07, 6.45) is 0. The Hall–Kier alpha value is -9.58. The maximum absolute atomic E-state index is 6.60. The van der Waals surface area contributed by atoms with Gasteiger partial charge in [-0.25, -0.2) is 0 Å². The van der Waals surface area contributed by atoms with E-state index in [0.29, 0.717) is 0 Å². The van der Waals surface area contributed by atoms with Crippen LogP contribution >= 0.6 is 0 Å². The van der Waals surface area contributed by atoms with Crippen molar-refractivity contribution in [2.75, 3.05) is 26.6 Å². The number of anilines is 11. The third-order valence-corrected chi connectivity index (χ3v) is 14.8. The molecule has 0 aliphatic rings. The molecular formula is C72H60N4O. The second kappa shape index (κ2) is 20.6. The van der Waals surface area contributed by atoms with Crippen LogP contribution in [0, 0.1) is 34.6 Å². The number of benzene rings is 11. The van der Waals surface area contributed by atoms with E-state index in [-0.39, 0.29) is 0 Å². The number of aryl methyl sites for hydroxylation is 5. The molecule has 77 heavy (non-hydrogen) atoms. The molecule has 0 saturated heterocycles. The lowest BCUT2D eigenvalue weighted by molar-refractivity contribution is 0.669. The lowest BCUT2D eigenvalue weighted by Crippen LogP contribution is -2.10. The van der Waals surface area contributed by atoms with Gasteiger partial charge in [-0.1, -0.05) is 137 Å². The van der Waals surface area contributed by atoms with Gasteiger partial charge in [0.05, 0.1) is 0 Å². The van der Waals surface area contributed by atoms with Gasteiger partial charge in [0, 0.05) is 80.4 Å². The molecule has 0 bridgehead atoms. The van der Waals surface area contributed by atoms with Gasteiger partial charge < -0.3 is 24.0 Å². The fraction of sp³-hybridized carbons (Fsp3) is 0.0833. The van der Waals surface area contributed by atoms with Crippen LogP contribution in [0.5, 0.6) is 0 Å². The molecule has 12 rings (SSSR count). The number of hydrogen-bond acceptors (Lipinski definition) is 5. The summed E-state index contributed by atoms with van der Waals surface area (Å²) >= 11 is 0. The lowest BCUT2D eigenvalue weighted by atomic mass is 10.0. The van der Waals surface area contributed by atoms with Crippen molar-refractivity contribution in [1.82, 2.24) is 0 Å². The molecule has 0 atom stereocenters. The van der Waals surface area contributed by atoms with E-state index in [1.165, 1.54) is 33.4 Å². The summed E-state index contributed by atoms with van der Waals surface area (Å²) in [5.74, 6) is 0. The van der Waals surface area contributed by atoms with Gasteiger partial charge in [0.15, 0.2) is 0 Å². The molecule has 0 amide bonds. The minimum Gasteiger partial charge on any atom is -0.456 e. The van der Waals surface area contributed by atoms with Crippen LogP contribution in [0.2, 0.25) is 0 Å². The molecule has 0 saturated carbocycles. The lowest BCUT2D eigenvalue weighted by Gasteiger charge is -2.26. The molecule has 5 nitrogen and oxygen atoms in total. The van der Waals surface area contributed by atoms with Crippen LogP contribution in [-0.2, 0) is 0 Å². The highest BCUT2D eigenvalue weighted by molar-refractivity contribution is 6.08. The Bertz CT molecular complexity index is 3930. The van der Waals surface area contributed by atoms with E-state index in [2.05, 4.69) is 316 Å². The minimum atomic E-state index is 0.842. The number of furan rings is 1. The molecule has 0 fully saturated rings.